The van der Waals surface area contributed by atoms with Crippen LogP contribution in [-0.4, -0.2) is 42.2 Å². The van der Waals surface area contributed by atoms with E-state index in [1.807, 2.05) is 5.32 Å². The molecule has 0 aromatic heterocycles. The number of ether oxygens (including phenoxy) is 2. The number of ketones is 1. The standard InChI is InChI=1S/C22H23F6N3O4S/c1-4-34-18-8-14-10-31(22(29)19(14)20(23)21(18)35-5-2)11-17(33)13-6-15(30-12(3)32)9-16(7-13)36(24,25,26,27)28/h6-9,29H,4-5,10-11H2,1-3H3,(H,30,32). The van der Waals surface area contributed by atoms with E-state index in [0.29, 0.717) is 0 Å². The Morgan fingerprint density at radius 3 is 2.25 bits per heavy atom. The van der Waals surface area contributed by atoms with Crippen molar-refractivity contribution in [2.24, 2.45) is 0 Å². The highest BCUT2D eigenvalue weighted by molar-refractivity contribution is 8.45. The van der Waals surface area contributed by atoms with E-state index < -0.39 is 56.3 Å². The Balaban J connectivity index is 1.97. The summed E-state index contributed by atoms with van der Waals surface area (Å²) in [7, 11) is -10.2. The number of anilines is 1. The molecule has 0 aliphatic carbocycles. The largest absolute Gasteiger partial charge is 0.490 e. The van der Waals surface area contributed by atoms with Crippen molar-refractivity contribution in [1.29, 1.82) is 5.41 Å². The van der Waals surface area contributed by atoms with Crippen LogP contribution in [0.5, 0.6) is 11.5 Å². The van der Waals surface area contributed by atoms with E-state index >= 15 is 4.39 Å². The molecule has 0 saturated heterocycles. The fourth-order valence-electron chi connectivity index (χ4n) is 3.68. The van der Waals surface area contributed by atoms with Gasteiger partial charge in [0.15, 0.2) is 23.1 Å². The number of rotatable bonds is 9. The van der Waals surface area contributed by atoms with Gasteiger partial charge in [-0.3, -0.25) is 15.0 Å². The number of hydrogen-bond donors (Lipinski definition) is 2. The second-order valence-corrected chi connectivity index (χ2v) is 10.4. The van der Waals surface area contributed by atoms with Gasteiger partial charge < -0.3 is 19.7 Å². The zero-order valence-electron chi connectivity index (χ0n) is 19.4. The summed E-state index contributed by atoms with van der Waals surface area (Å²) in [5.41, 5.74) is -1.31. The van der Waals surface area contributed by atoms with Crippen LogP contribution in [0.3, 0.4) is 0 Å². The van der Waals surface area contributed by atoms with Crippen LogP contribution in [0.15, 0.2) is 29.2 Å². The molecule has 1 heterocycles. The van der Waals surface area contributed by atoms with Gasteiger partial charge in [0.05, 0.1) is 25.3 Å². The summed E-state index contributed by atoms with van der Waals surface area (Å²) in [4.78, 5) is 22.9. The Labute approximate surface area is 202 Å². The van der Waals surface area contributed by atoms with Gasteiger partial charge in [-0.15, -0.1) is 0 Å². The van der Waals surface area contributed by atoms with E-state index in [1.54, 1.807) is 13.8 Å². The van der Waals surface area contributed by atoms with Gasteiger partial charge in [-0.05, 0) is 43.7 Å². The highest BCUT2D eigenvalue weighted by Gasteiger charge is 2.65. The van der Waals surface area contributed by atoms with E-state index in [9.17, 15) is 29.0 Å². The van der Waals surface area contributed by atoms with E-state index in [-0.39, 0.29) is 54.5 Å². The summed E-state index contributed by atoms with van der Waals surface area (Å²) in [6.45, 7) is 3.66. The molecule has 0 atom stereocenters. The molecule has 0 unspecified atom stereocenters. The fourth-order valence-corrected chi connectivity index (χ4v) is 4.38. The molecular weight excluding hydrogens is 516 g/mol. The minimum Gasteiger partial charge on any atom is -0.490 e. The Morgan fingerprint density at radius 2 is 1.69 bits per heavy atom. The average Bonchev–Trinajstić information content (AvgIpc) is 3.04. The number of amidine groups is 1. The first-order valence-corrected chi connectivity index (χ1v) is 12.5. The van der Waals surface area contributed by atoms with Crippen molar-refractivity contribution in [2.75, 3.05) is 25.1 Å². The van der Waals surface area contributed by atoms with Crippen LogP contribution in [0.1, 0.15) is 42.3 Å². The van der Waals surface area contributed by atoms with Crippen LogP contribution in [0.4, 0.5) is 29.5 Å². The van der Waals surface area contributed by atoms with E-state index in [4.69, 9.17) is 14.9 Å². The first kappa shape index (κ1) is 27.2. The molecule has 2 N–H and O–H groups in total. The molecule has 2 aromatic rings. The second kappa shape index (κ2) is 8.61. The van der Waals surface area contributed by atoms with Crippen LogP contribution in [0.25, 0.3) is 0 Å². The molecule has 198 valence electrons. The van der Waals surface area contributed by atoms with Gasteiger partial charge in [0, 0.05) is 24.7 Å². The van der Waals surface area contributed by atoms with Crippen molar-refractivity contribution in [3.05, 3.63) is 46.8 Å². The number of benzene rings is 2. The fraction of sp³-hybridized carbons (Fsp3) is 0.318. The SMILES string of the molecule is CCOc1cc2c(c(F)c1OCC)C(=N)N(CC(=O)c1cc(NC(C)=O)cc(S(F)(F)(F)(F)F)c1)C2. The van der Waals surface area contributed by atoms with Gasteiger partial charge in [0.1, 0.15) is 10.7 Å². The smallest absolute Gasteiger partial charge is 0.310 e. The van der Waals surface area contributed by atoms with Gasteiger partial charge in [-0.2, -0.15) is 0 Å². The number of fused-ring (bicyclic) bond motifs is 1. The lowest BCUT2D eigenvalue weighted by Crippen LogP contribution is -2.30. The summed E-state index contributed by atoms with van der Waals surface area (Å²) >= 11 is 0. The minimum absolute atomic E-state index is 0.00298. The zero-order chi connectivity index (χ0) is 27.1. The summed E-state index contributed by atoms with van der Waals surface area (Å²) in [5.74, 6) is -3.37. The molecule has 3 rings (SSSR count). The minimum atomic E-state index is -10.2. The van der Waals surface area contributed by atoms with Crippen molar-refractivity contribution >= 4 is 33.4 Å². The monoisotopic (exact) mass is 539 g/mol. The van der Waals surface area contributed by atoms with Crippen LogP contribution in [-0.2, 0) is 11.3 Å². The van der Waals surface area contributed by atoms with Crippen molar-refractivity contribution < 1.29 is 42.9 Å². The molecule has 0 fully saturated rings. The number of carbonyl (C=O) groups is 2. The summed E-state index contributed by atoms with van der Waals surface area (Å²) < 4.78 is 93.2. The number of hydrogen-bond acceptors (Lipinski definition) is 5. The molecule has 1 aliphatic heterocycles. The lowest BCUT2D eigenvalue weighted by Gasteiger charge is -2.40. The summed E-state index contributed by atoms with van der Waals surface area (Å²) in [6.07, 6.45) is 0. The summed E-state index contributed by atoms with van der Waals surface area (Å²) in [5, 5.41) is 10.3. The van der Waals surface area contributed by atoms with Crippen LogP contribution in [0, 0.1) is 11.2 Å². The van der Waals surface area contributed by atoms with E-state index in [2.05, 4.69) is 0 Å². The second-order valence-electron chi connectivity index (χ2n) is 7.94. The third kappa shape index (κ3) is 5.69. The number of nitrogens with zero attached hydrogens (tertiary/aromatic N) is 1. The Morgan fingerprint density at radius 1 is 1.06 bits per heavy atom. The van der Waals surface area contributed by atoms with Gasteiger partial charge in [0.2, 0.25) is 5.91 Å². The van der Waals surface area contributed by atoms with Gasteiger partial charge in [0.25, 0.3) is 0 Å². The molecule has 0 saturated carbocycles. The molecule has 1 aliphatic rings. The topological polar surface area (TPSA) is 91.7 Å². The van der Waals surface area contributed by atoms with Crippen molar-refractivity contribution in [3.8, 4) is 11.5 Å². The predicted octanol–water partition coefficient (Wildman–Crippen LogP) is 6.26. The third-order valence-electron chi connectivity index (χ3n) is 5.10. The highest BCUT2D eigenvalue weighted by Crippen LogP contribution is 3.02. The van der Waals surface area contributed by atoms with Crippen LogP contribution >= 0.6 is 10.2 Å². The predicted molar refractivity (Wildman–Crippen MR) is 122 cm³/mol. The molecule has 2 aromatic carbocycles. The molecule has 0 bridgehead atoms. The number of Topliss-reactive ketones (excluding diaryl/α,β-unsaturated/α-hetero) is 1. The number of nitrogens with one attached hydrogen (secondary N) is 2. The van der Waals surface area contributed by atoms with Crippen molar-refractivity contribution in [3.63, 3.8) is 0 Å². The van der Waals surface area contributed by atoms with E-state index in [1.165, 1.54) is 6.07 Å². The van der Waals surface area contributed by atoms with Gasteiger partial charge in [-0.25, -0.2) is 4.39 Å². The normalized spacial score (nSPS) is 15.1. The Hall–Kier alpha value is -3.42. The first-order chi connectivity index (χ1) is 16.4. The van der Waals surface area contributed by atoms with Crippen LogP contribution in [0.2, 0.25) is 0 Å². The summed E-state index contributed by atoms with van der Waals surface area (Å²) in [6, 6.07) is 2.32. The lowest BCUT2D eigenvalue weighted by atomic mass is 10.1. The average molecular weight is 539 g/mol. The maximum absolute atomic E-state index is 15.2. The quantitative estimate of drug-likeness (QED) is 0.290. The third-order valence-corrected chi connectivity index (χ3v) is 6.23. The zero-order valence-corrected chi connectivity index (χ0v) is 20.2. The number of halogens is 6. The Kier molecular flexibility index (Phi) is 6.50. The number of carbonyl (C=O) groups excluding carboxylic acids is 2. The Bertz CT molecular complexity index is 1270. The number of amides is 1. The van der Waals surface area contributed by atoms with Gasteiger partial charge >= 0.3 is 10.2 Å². The van der Waals surface area contributed by atoms with E-state index in [0.717, 1.165) is 17.9 Å². The molecular formula is C22H23F6N3O4S. The molecule has 0 radical (unpaired) electrons. The van der Waals surface area contributed by atoms with Crippen molar-refractivity contribution in [2.45, 2.75) is 32.2 Å². The molecule has 1 amide bonds. The molecule has 36 heavy (non-hydrogen) atoms. The highest BCUT2D eigenvalue weighted by atomic mass is 32.5. The molecule has 7 nitrogen and oxygen atoms in total. The van der Waals surface area contributed by atoms with Gasteiger partial charge in [-0.1, -0.05) is 19.4 Å². The maximum atomic E-state index is 15.2. The van der Waals surface area contributed by atoms with Crippen LogP contribution < -0.4 is 14.8 Å². The lowest BCUT2D eigenvalue weighted by molar-refractivity contribution is -0.114. The maximum Gasteiger partial charge on any atom is 0.310 e. The molecule has 14 heteroatoms. The van der Waals surface area contributed by atoms with Crippen molar-refractivity contribution in [1.82, 2.24) is 4.90 Å². The first-order valence-electron chi connectivity index (χ1n) is 10.6. The molecule has 0 spiro atoms.